The molecule has 0 aliphatic carbocycles. The third kappa shape index (κ3) is 4.63. The van der Waals surface area contributed by atoms with Gasteiger partial charge in [0.05, 0.1) is 4.90 Å². The smallest absolute Gasteiger partial charge is 0.261 e. The van der Waals surface area contributed by atoms with Crippen LogP contribution in [-0.4, -0.2) is 8.42 Å². The van der Waals surface area contributed by atoms with Crippen molar-refractivity contribution < 1.29 is 13.2 Å². The van der Waals surface area contributed by atoms with Gasteiger partial charge in [-0.2, -0.15) is 0 Å². The van der Waals surface area contributed by atoms with Crippen molar-refractivity contribution in [1.82, 2.24) is 0 Å². The monoisotopic (exact) mass is 272 g/mol. The van der Waals surface area contributed by atoms with Gasteiger partial charge in [-0.05, 0) is 44.2 Å². The van der Waals surface area contributed by atoms with Crippen molar-refractivity contribution >= 4 is 19.7 Å². The maximum atomic E-state index is 11.0. The van der Waals surface area contributed by atoms with Gasteiger partial charge >= 0.3 is 0 Å². The Kier molecular flexibility index (Phi) is 4.78. The summed E-state index contributed by atoms with van der Waals surface area (Å²) in [6.07, 6.45) is 5.55. The minimum atomic E-state index is -3.67. The normalized spacial score (nSPS) is 13.0. The number of halogens is 1. The molecule has 0 fully saturated rings. The molecule has 0 saturated carbocycles. The molecule has 0 saturated heterocycles. The fourth-order valence-electron chi connectivity index (χ4n) is 1.12. The zero-order chi connectivity index (χ0) is 12.9. The lowest BCUT2D eigenvalue weighted by atomic mass is 10.3. The third-order valence-corrected chi connectivity index (χ3v) is 3.28. The molecule has 3 nitrogen and oxygen atoms in total. The molecule has 0 aromatic heterocycles. The van der Waals surface area contributed by atoms with Crippen LogP contribution in [0.15, 0.2) is 53.1 Å². The summed E-state index contributed by atoms with van der Waals surface area (Å²) in [4.78, 5) is 0.0570. The molecule has 0 heterocycles. The summed E-state index contributed by atoms with van der Waals surface area (Å²) < 4.78 is 27.5. The second-order valence-electron chi connectivity index (χ2n) is 3.31. The quantitative estimate of drug-likeness (QED) is 0.479. The van der Waals surface area contributed by atoms with Crippen molar-refractivity contribution in [1.29, 1.82) is 0 Å². The molecule has 1 rings (SSSR count). The molecular formula is C12H13ClO3S. The first kappa shape index (κ1) is 13.8. The highest BCUT2D eigenvalue weighted by atomic mass is 35.7. The minimum Gasteiger partial charge on any atom is -0.462 e. The van der Waals surface area contributed by atoms with Gasteiger partial charge in [-0.25, -0.2) is 8.42 Å². The van der Waals surface area contributed by atoms with Gasteiger partial charge in [0.1, 0.15) is 11.5 Å². The highest BCUT2D eigenvalue weighted by Gasteiger charge is 2.09. The van der Waals surface area contributed by atoms with E-state index in [-0.39, 0.29) is 4.90 Å². The number of hydrogen-bond donors (Lipinski definition) is 0. The minimum absolute atomic E-state index is 0.0570. The van der Waals surface area contributed by atoms with Crippen LogP contribution in [0.5, 0.6) is 5.75 Å². The molecule has 0 N–H and O–H groups in total. The molecule has 17 heavy (non-hydrogen) atoms. The average Bonchev–Trinajstić information content (AvgIpc) is 2.26. The van der Waals surface area contributed by atoms with E-state index in [0.29, 0.717) is 11.5 Å². The lowest BCUT2D eigenvalue weighted by molar-refractivity contribution is 0.427. The van der Waals surface area contributed by atoms with Crippen LogP contribution < -0.4 is 4.74 Å². The average molecular weight is 273 g/mol. The maximum absolute atomic E-state index is 11.0. The number of rotatable bonds is 4. The maximum Gasteiger partial charge on any atom is 0.261 e. The molecule has 1 aromatic rings. The molecular weight excluding hydrogens is 260 g/mol. The van der Waals surface area contributed by atoms with Crippen molar-refractivity contribution in [2.45, 2.75) is 18.7 Å². The Morgan fingerprint density at radius 2 is 1.88 bits per heavy atom. The van der Waals surface area contributed by atoms with Gasteiger partial charge in [0.25, 0.3) is 9.05 Å². The fourth-order valence-corrected chi connectivity index (χ4v) is 1.89. The van der Waals surface area contributed by atoms with Gasteiger partial charge < -0.3 is 4.74 Å². The Morgan fingerprint density at radius 3 is 2.35 bits per heavy atom. The van der Waals surface area contributed by atoms with Gasteiger partial charge in [0, 0.05) is 10.7 Å². The van der Waals surface area contributed by atoms with E-state index in [1.165, 1.54) is 12.1 Å². The van der Waals surface area contributed by atoms with E-state index in [2.05, 4.69) is 0 Å². The second kappa shape index (κ2) is 5.89. The second-order valence-corrected chi connectivity index (χ2v) is 5.88. The van der Waals surface area contributed by atoms with Gasteiger partial charge in [-0.3, -0.25) is 0 Å². The van der Waals surface area contributed by atoms with Gasteiger partial charge in [-0.1, -0.05) is 12.2 Å². The lowest BCUT2D eigenvalue weighted by Gasteiger charge is -2.05. The van der Waals surface area contributed by atoms with Crippen molar-refractivity contribution in [3.8, 4) is 5.75 Å². The summed E-state index contributed by atoms with van der Waals surface area (Å²) in [6.45, 7) is 3.72. The molecule has 0 radical (unpaired) electrons. The largest absolute Gasteiger partial charge is 0.462 e. The highest BCUT2D eigenvalue weighted by Crippen LogP contribution is 2.20. The van der Waals surface area contributed by atoms with Crippen LogP contribution >= 0.6 is 10.7 Å². The number of allylic oxidation sites excluding steroid dienone is 4. The molecule has 5 heteroatoms. The van der Waals surface area contributed by atoms with E-state index in [1.54, 1.807) is 12.1 Å². The topological polar surface area (TPSA) is 43.4 Å². The van der Waals surface area contributed by atoms with Gasteiger partial charge in [0.2, 0.25) is 0 Å². The van der Waals surface area contributed by atoms with Crippen LogP contribution in [0.2, 0.25) is 0 Å². The van der Waals surface area contributed by atoms with Crippen LogP contribution in [0, 0.1) is 0 Å². The number of ether oxygens (including phenoxy) is 1. The Hall–Kier alpha value is -1.26. The molecule has 1 aromatic carbocycles. The molecule has 0 spiro atoms. The predicted octanol–water partition coefficient (Wildman–Crippen LogP) is 3.47. The van der Waals surface area contributed by atoms with Crippen molar-refractivity contribution in [3.05, 3.63) is 48.3 Å². The molecule has 0 amide bonds. The molecule has 0 bridgehead atoms. The van der Waals surface area contributed by atoms with Crippen LogP contribution in [0.1, 0.15) is 13.8 Å². The number of hydrogen-bond acceptors (Lipinski definition) is 3. The van der Waals surface area contributed by atoms with E-state index in [9.17, 15) is 8.42 Å². The molecule has 0 atom stereocenters. The highest BCUT2D eigenvalue weighted by molar-refractivity contribution is 8.13. The summed E-state index contributed by atoms with van der Waals surface area (Å²) in [5, 5.41) is 0. The Bertz CT molecular complexity index is 527. The van der Waals surface area contributed by atoms with Gasteiger partial charge in [0.15, 0.2) is 0 Å². The summed E-state index contributed by atoms with van der Waals surface area (Å²) in [5.41, 5.74) is 0. The zero-order valence-electron chi connectivity index (χ0n) is 9.55. The molecule has 92 valence electrons. The summed E-state index contributed by atoms with van der Waals surface area (Å²) in [6, 6.07) is 5.92. The Balaban J connectivity index is 2.83. The van der Waals surface area contributed by atoms with Crippen LogP contribution in [0.25, 0.3) is 0 Å². The SMILES string of the molecule is C/C=C\C=C(/C)Oc1ccc(S(=O)(=O)Cl)cc1. The lowest BCUT2D eigenvalue weighted by Crippen LogP contribution is -1.93. The zero-order valence-corrected chi connectivity index (χ0v) is 11.1. The first-order valence-corrected chi connectivity index (χ1v) is 7.26. The number of benzene rings is 1. The third-order valence-electron chi connectivity index (χ3n) is 1.91. The van der Waals surface area contributed by atoms with Crippen molar-refractivity contribution in [2.75, 3.05) is 0 Å². The van der Waals surface area contributed by atoms with Crippen molar-refractivity contribution in [3.63, 3.8) is 0 Å². The van der Waals surface area contributed by atoms with E-state index >= 15 is 0 Å². The van der Waals surface area contributed by atoms with Crippen molar-refractivity contribution in [2.24, 2.45) is 0 Å². The van der Waals surface area contributed by atoms with E-state index in [4.69, 9.17) is 15.4 Å². The molecule has 0 aliphatic heterocycles. The fraction of sp³-hybridized carbons (Fsp3) is 0.167. The van der Waals surface area contributed by atoms with Crippen LogP contribution in [-0.2, 0) is 9.05 Å². The first-order valence-electron chi connectivity index (χ1n) is 4.95. The van der Waals surface area contributed by atoms with E-state index in [0.717, 1.165) is 0 Å². The first-order chi connectivity index (χ1) is 7.93. The summed E-state index contributed by atoms with van der Waals surface area (Å²) in [5.74, 6) is 1.27. The standard InChI is InChI=1S/C12H13ClO3S/c1-3-4-5-10(2)16-11-6-8-12(9-7-11)17(13,14)15/h3-9H,1-2H3/b4-3-,10-5+. The van der Waals surface area contributed by atoms with Gasteiger partial charge in [-0.15, -0.1) is 0 Å². The molecule has 0 unspecified atom stereocenters. The van der Waals surface area contributed by atoms with E-state index in [1.807, 2.05) is 32.1 Å². The summed E-state index contributed by atoms with van der Waals surface area (Å²) >= 11 is 0. The predicted molar refractivity (Wildman–Crippen MR) is 68.7 cm³/mol. The van der Waals surface area contributed by atoms with E-state index < -0.39 is 9.05 Å². The summed E-state index contributed by atoms with van der Waals surface area (Å²) in [7, 11) is 1.52. The Labute approximate surface area is 106 Å². The van der Waals surface area contributed by atoms with Crippen LogP contribution in [0.4, 0.5) is 0 Å². The molecule has 0 aliphatic rings. The van der Waals surface area contributed by atoms with Crippen LogP contribution in [0.3, 0.4) is 0 Å². The Morgan fingerprint density at radius 1 is 1.29 bits per heavy atom.